The first-order valence-electron chi connectivity index (χ1n) is 12.4. The largest absolute Gasteiger partial charge is 0.478 e. The smallest absolute Gasteiger partial charge is 0.336 e. The first-order valence-corrected chi connectivity index (χ1v) is 12.4. The summed E-state index contributed by atoms with van der Waals surface area (Å²) in [7, 11) is 0. The molecule has 2 aromatic rings. The van der Waals surface area contributed by atoms with Crippen molar-refractivity contribution in [2.75, 3.05) is 0 Å². The lowest BCUT2D eigenvalue weighted by Crippen LogP contribution is -2.38. The van der Waals surface area contributed by atoms with Gasteiger partial charge in [-0.1, -0.05) is 64.5 Å². The molecule has 0 saturated carbocycles. The molecule has 0 aliphatic carbocycles. The van der Waals surface area contributed by atoms with E-state index in [1.54, 1.807) is 6.92 Å². The molecule has 2 rings (SSSR count). The summed E-state index contributed by atoms with van der Waals surface area (Å²) in [5.41, 5.74) is -3.14. The third kappa shape index (κ3) is 6.53. The van der Waals surface area contributed by atoms with Crippen molar-refractivity contribution >= 4 is 23.9 Å². The Balaban J connectivity index is 2.70. The maximum absolute atomic E-state index is 16.3. The molecule has 0 bridgehead atoms. The molecule has 9 heteroatoms. The molecule has 0 aliphatic rings. The van der Waals surface area contributed by atoms with E-state index in [0.717, 1.165) is 56.4 Å². The summed E-state index contributed by atoms with van der Waals surface area (Å²) < 4.78 is 16.3. The van der Waals surface area contributed by atoms with E-state index in [9.17, 15) is 39.6 Å². The lowest BCUT2D eigenvalue weighted by molar-refractivity contribution is 0.0650. The Morgan fingerprint density at radius 2 is 1.08 bits per heavy atom. The molecule has 200 valence electrons. The summed E-state index contributed by atoms with van der Waals surface area (Å²) in [4.78, 5) is 46.9. The molecular weight excluding hydrogens is 483 g/mol. The molecule has 0 saturated heterocycles. The van der Waals surface area contributed by atoms with Crippen molar-refractivity contribution < 1.29 is 44.0 Å². The van der Waals surface area contributed by atoms with Crippen LogP contribution in [0.2, 0.25) is 0 Å². The highest BCUT2D eigenvalue weighted by molar-refractivity contribution is 6.02. The summed E-state index contributed by atoms with van der Waals surface area (Å²) >= 11 is 0. The van der Waals surface area contributed by atoms with Gasteiger partial charge in [0.15, 0.2) is 0 Å². The van der Waals surface area contributed by atoms with Gasteiger partial charge in [0.1, 0.15) is 6.17 Å². The number of rotatable bonds is 15. The Morgan fingerprint density at radius 1 is 0.676 bits per heavy atom. The van der Waals surface area contributed by atoms with Crippen LogP contribution >= 0.6 is 0 Å². The number of unbranched alkanes of at least 4 members (excludes halogenated alkanes) is 5. The second kappa shape index (κ2) is 13.0. The highest BCUT2D eigenvalue weighted by atomic mass is 19.1. The van der Waals surface area contributed by atoms with Crippen LogP contribution in [0.5, 0.6) is 0 Å². The van der Waals surface area contributed by atoms with E-state index in [2.05, 4.69) is 6.92 Å². The van der Waals surface area contributed by atoms with Gasteiger partial charge in [-0.05, 0) is 48.2 Å². The zero-order chi connectivity index (χ0) is 27.8. The van der Waals surface area contributed by atoms with Gasteiger partial charge >= 0.3 is 23.9 Å². The number of benzene rings is 2. The predicted octanol–water partition coefficient (Wildman–Crippen LogP) is 6.26. The van der Waals surface area contributed by atoms with Crippen LogP contribution in [0.4, 0.5) is 4.39 Å². The van der Waals surface area contributed by atoms with Gasteiger partial charge in [-0.3, -0.25) is 0 Å². The lowest BCUT2D eigenvalue weighted by Gasteiger charge is -2.38. The van der Waals surface area contributed by atoms with Gasteiger partial charge < -0.3 is 20.4 Å². The molecule has 2 aromatic carbocycles. The number of carboxylic acid groups (broad SMARTS) is 4. The van der Waals surface area contributed by atoms with E-state index in [-0.39, 0.29) is 24.0 Å². The Bertz CT molecular complexity index is 1080. The van der Waals surface area contributed by atoms with E-state index in [0.29, 0.717) is 6.42 Å². The average Bonchev–Trinajstić information content (AvgIpc) is 2.86. The summed E-state index contributed by atoms with van der Waals surface area (Å²) in [5.74, 6) is -5.89. The second-order valence-electron chi connectivity index (χ2n) is 9.09. The third-order valence-electron chi connectivity index (χ3n) is 6.89. The van der Waals surface area contributed by atoms with Gasteiger partial charge in [0.25, 0.3) is 0 Å². The van der Waals surface area contributed by atoms with E-state index < -0.39 is 57.7 Å². The van der Waals surface area contributed by atoms with Crippen LogP contribution in [-0.4, -0.2) is 50.5 Å². The molecule has 0 radical (unpaired) electrons. The van der Waals surface area contributed by atoms with Crippen LogP contribution in [0.3, 0.4) is 0 Å². The van der Waals surface area contributed by atoms with Gasteiger partial charge in [0.05, 0.1) is 27.7 Å². The van der Waals surface area contributed by atoms with E-state index in [1.165, 1.54) is 12.1 Å². The van der Waals surface area contributed by atoms with Crippen LogP contribution in [0.1, 0.15) is 118 Å². The molecule has 37 heavy (non-hydrogen) atoms. The van der Waals surface area contributed by atoms with E-state index in [4.69, 9.17) is 0 Å². The van der Waals surface area contributed by atoms with E-state index >= 15 is 4.39 Å². The SMILES string of the molecule is CCCCCCCCC(F)C(CC)(c1ccc(C(=O)O)c(C(=O)O)c1)c1ccc(C(=O)O)c(C(=O)O)c1. The first kappa shape index (κ1) is 29.5. The fourth-order valence-corrected chi connectivity index (χ4v) is 4.88. The van der Waals surface area contributed by atoms with Crippen LogP contribution < -0.4 is 0 Å². The van der Waals surface area contributed by atoms with Crippen LogP contribution in [0.15, 0.2) is 36.4 Å². The highest BCUT2D eigenvalue weighted by Gasteiger charge is 2.42. The molecule has 1 unspecified atom stereocenters. The molecule has 4 N–H and O–H groups in total. The second-order valence-corrected chi connectivity index (χ2v) is 9.09. The van der Waals surface area contributed by atoms with Crippen molar-refractivity contribution in [2.24, 2.45) is 0 Å². The third-order valence-corrected chi connectivity index (χ3v) is 6.89. The van der Waals surface area contributed by atoms with E-state index in [1.807, 2.05) is 0 Å². The Morgan fingerprint density at radius 3 is 1.46 bits per heavy atom. The van der Waals surface area contributed by atoms with Crippen molar-refractivity contribution in [2.45, 2.75) is 76.8 Å². The quantitative estimate of drug-likeness (QED) is 0.203. The van der Waals surface area contributed by atoms with Crippen molar-refractivity contribution in [3.63, 3.8) is 0 Å². The minimum absolute atomic E-state index is 0.0843. The molecular formula is C28H33FO8. The maximum atomic E-state index is 16.3. The first-order chi connectivity index (χ1) is 17.5. The normalized spacial score (nSPS) is 12.2. The van der Waals surface area contributed by atoms with Gasteiger partial charge in [-0.2, -0.15) is 0 Å². The summed E-state index contributed by atoms with van der Waals surface area (Å²) in [5, 5.41) is 38.1. The predicted molar refractivity (Wildman–Crippen MR) is 135 cm³/mol. The van der Waals surface area contributed by atoms with Crippen molar-refractivity contribution in [1.29, 1.82) is 0 Å². The zero-order valence-electron chi connectivity index (χ0n) is 21.0. The van der Waals surface area contributed by atoms with Crippen molar-refractivity contribution in [1.82, 2.24) is 0 Å². The lowest BCUT2D eigenvalue weighted by atomic mass is 9.67. The molecule has 0 amide bonds. The molecule has 8 nitrogen and oxygen atoms in total. The van der Waals surface area contributed by atoms with Gasteiger partial charge in [-0.15, -0.1) is 0 Å². The Hall–Kier alpha value is -3.75. The molecule has 0 spiro atoms. The topological polar surface area (TPSA) is 149 Å². The molecule has 0 fully saturated rings. The van der Waals surface area contributed by atoms with Gasteiger partial charge in [0, 0.05) is 0 Å². The number of aromatic carboxylic acids is 4. The van der Waals surface area contributed by atoms with Gasteiger partial charge in [-0.25, -0.2) is 23.6 Å². The fraction of sp³-hybridized carbons (Fsp3) is 0.429. The van der Waals surface area contributed by atoms with Crippen LogP contribution in [0, 0.1) is 0 Å². The zero-order valence-corrected chi connectivity index (χ0v) is 21.0. The number of hydrogen-bond acceptors (Lipinski definition) is 4. The maximum Gasteiger partial charge on any atom is 0.336 e. The molecule has 0 aliphatic heterocycles. The monoisotopic (exact) mass is 516 g/mol. The minimum Gasteiger partial charge on any atom is -0.478 e. The highest BCUT2D eigenvalue weighted by Crippen LogP contribution is 2.43. The Kier molecular flexibility index (Phi) is 10.3. The number of hydrogen-bond donors (Lipinski definition) is 4. The molecule has 0 aromatic heterocycles. The number of carboxylic acids is 4. The molecule has 0 heterocycles. The minimum atomic E-state index is -1.58. The number of carbonyl (C=O) groups is 4. The number of alkyl halides is 1. The summed E-state index contributed by atoms with van der Waals surface area (Å²) in [6.07, 6.45) is 4.06. The molecule has 1 atom stereocenters. The van der Waals surface area contributed by atoms with Gasteiger partial charge in [0.2, 0.25) is 0 Å². The van der Waals surface area contributed by atoms with Crippen molar-refractivity contribution in [3.05, 3.63) is 69.8 Å². The number of halogens is 1. The summed E-state index contributed by atoms with van der Waals surface area (Å²) in [6, 6.07) is 7.14. The van der Waals surface area contributed by atoms with Crippen LogP contribution in [0.25, 0.3) is 0 Å². The Labute approximate surface area is 214 Å². The van der Waals surface area contributed by atoms with Crippen LogP contribution in [-0.2, 0) is 5.41 Å². The standard InChI is InChI=1S/C28H33FO8/c1-3-5-6-7-8-9-10-23(29)28(4-2,17-11-13-19(24(30)31)21(15-17)26(34)35)18-12-14-20(25(32)33)22(16-18)27(36)37/h11-16,23H,3-10H2,1-2H3,(H,30,31)(H,32,33)(H,34,35)(H,36,37). The fourth-order valence-electron chi connectivity index (χ4n) is 4.88. The van der Waals surface area contributed by atoms with Crippen molar-refractivity contribution in [3.8, 4) is 0 Å². The average molecular weight is 517 g/mol. The summed E-state index contributed by atoms with van der Waals surface area (Å²) in [6.45, 7) is 3.76.